The Labute approximate surface area is 225 Å². The van der Waals surface area contributed by atoms with Crippen LogP contribution in [0.3, 0.4) is 0 Å². The minimum Gasteiger partial charge on any atom is -0.453 e. The van der Waals surface area contributed by atoms with Gasteiger partial charge < -0.3 is 25.0 Å². The highest BCUT2D eigenvalue weighted by Gasteiger charge is 2.15. The maximum atomic E-state index is 8.28. The van der Waals surface area contributed by atoms with E-state index in [4.69, 9.17) is 25.2 Å². The molecule has 0 radical (unpaired) electrons. The molecule has 6 rings (SSSR count). The maximum absolute atomic E-state index is 8.28. The molecule has 0 saturated carbocycles. The van der Waals surface area contributed by atoms with E-state index in [0.717, 1.165) is 55.6 Å². The lowest BCUT2D eigenvalue weighted by Gasteiger charge is -2.10. The molecule has 0 saturated heterocycles. The molecule has 3 aromatic heterocycles. The van der Waals surface area contributed by atoms with Crippen LogP contribution in [0.15, 0.2) is 65.1 Å². The van der Waals surface area contributed by atoms with E-state index in [1.807, 2.05) is 88.4 Å². The molecule has 9 heteroatoms. The summed E-state index contributed by atoms with van der Waals surface area (Å²) in [7, 11) is 0. The second-order valence-corrected chi connectivity index (χ2v) is 10.3. The van der Waals surface area contributed by atoms with Gasteiger partial charge in [-0.15, -0.1) is 0 Å². The number of aromatic nitrogens is 4. The number of rotatable bonds is 6. The van der Waals surface area contributed by atoms with Crippen molar-refractivity contribution in [2.45, 2.75) is 39.8 Å². The number of hydrogen-bond donors (Lipinski definition) is 6. The van der Waals surface area contributed by atoms with Gasteiger partial charge >= 0.3 is 0 Å². The van der Waals surface area contributed by atoms with Crippen LogP contribution in [0, 0.1) is 10.8 Å². The molecule has 0 aliphatic rings. The molecule has 3 aromatic carbocycles. The third-order valence-electron chi connectivity index (χ3n) is 6.43. The van der Waals surface area contributed by atoms with Gasteiger partial charge in [-0.05, 0) is 88.4 Å². The van der Waals surface area contributed by atoms with Gasteiger partial charge in [-0.1, -0.05) is 0 Å². The zero-order valence-corrected chi connectivity index (χ0v) is 22.2. The summed E-state index contributed by atoms with van der Waals surface area (Å²) < 4.78 is 6.13. The van der Waals surface area contributed by atoms with Crippen molar-refractivity contribution in [1.29, 1.82) is 10.8 Å². The molecule has 0 spiro atoms. The van der Waals surface area contributed by atoms with Gasteiger partial charge in [0.05, 0.1) is 22.1 Å². The van der Waals surface area contributed by atoms with Gasteiger partial charge in [-0.3, -0.25) is 10.8 Å². The third-order valence-corrected chi connectivity index (χ3v) is 6.43. The molecule has 6 N–H and O–H groups in total. The number of H-pyrrole nitrogens is 2. The number of furan rings is 1. The Morgan fingerprint density at radius 1 is 0.718 bits per heavy atom. The van der Waals surface area contributed by atoms with Crippen LogP contribution in [-0.4, -0.2) is 43.7 Å². The predicted octanol–water partition coefficient (Wildman–Crippen LogP) is 6.17. The number of nitrogens with zero attached hydrogens (tertiary/aromatic N) is 2. The highest BCUT2D eigenvalue weighted by atomic mass is 16.3. The normalized spacial score (nSPS) is 11.7. The smallest absolute Gasteiger partial charge is 0.174 e. The van der Waals surface area contributed by atoms with Crippen LogP contribution in [0.5, 0.6) is 0 Å². The Morgan fingerprint density at radius 3 is 1.87 bits per heavy atom. The third kappa shape index (κ3) is 4.74. The van der Waals surface area contributed by atoms with Crippen molar-refractivity contribution < 1.29 is 4.42 Å². The fourth-order valence-electron chi connectivity index (χ4n) is 4.64. The number of benzene rings is 3. The van der Waals surface area contributed by atoms with Crippen LogP contribution in [0.2, 0.25) is 0 Å². The van der Waals surface area contributed by atoms with Crippen LogP contribution < -0.4 is 10.6 Å². The molecule has 0 unspecified atom stereocenters. The first-order valence-corrected chi connectivity index (χ1v) is 13.0. The summed E-state index contributed by atoms with van der Waals surface area (Å²) in [5, 5.41) is 23.8. The van der Waals surface area contributed by atoms with Gasteiger partial charge in [0, 0.05) is 34.2 Å². The summed E-state index contributed by atoms with van der Waals surface area (Å²) in [6.45, 7) is 8.06. The van der Waals surface area contributed by atoms with Gasteiger partial charge in [0.15, 0.2) is 11.6 Å². The molecule has 0 aliphatic carbocycles. The van der Waals surface area contributed by atoms with Gasteiger partial charge in [0.25, 0.3) is 0 Å². The van der Waals surface area contributed by atoms with E-state index in [-0.39, 0.29) is 12.1 Å². The molecule has 9 nitrogen and oxygen atoms in total. The number of imidazole rings is 2. The molecule has 0 bridgehead atoms. The van der Waals surface area contributed by atoms with Crippen LogP contribution in [0.4, 0.5) is 0 Å². The minimum absolute atomic E-state index is 0.185. The molecular formula is C30H30N8O. The lowest BCUT2D eigenvalue weighted by atomic mass is 10.1. The van der Waals surface area contributed by atoms with Crippen molar-refractivity contribution in [3.05, 3.63) is 71.8 Å². The quantitative estimate of drug-likeness (QED) is 0.116. The number of amidine groups is 2. The molecule has 3 heterocycles. The monoisotopic (exact) mass is 518 g/mol. The fraction of sp³-hybridized carbons (Fsp3) is 0.200. The van der Waals surface area contributed by atoms with E-state index in [2.05, 4.69) is 20.6 Å². The molecule has 196 valence electrons. The van der Waals surface area contributed by atoms with Crippen molar-refractivity contribution in [1.82, 2.24) is 30.6 Å². The zero-order chi connectivity index (χ0) is 27.3. The molecule has 0 amide bonds. The fourth-order valence-corrected chi connectivity index (χ4v) is 4.64. The van der Waals surface area contributed by atoms with E-state index in [9.17, 15) is 0 Å². The van der Waals surface area contributed by atoms with Gasteiger partial charge in [0.1, 0.15) is 23.1 Å². The van der Waals surface area contributed by atoms with Crippen molar-refractivity contribution in [3.63, 3.8) is 0 Å². The summed E-state index contributed by atoms with van der Waals surface area (Å²) in [6, 6.07) is 19.8. The second kappa shape index (κ2) is 9.43. The Balaban J connectivity index is 1.30. The Morgan fingerprint density at radius 2 is 1.28 bits per heavy atom. The Hall–Kier alpha value is -4.92. The van der Waals surface area contributed by atoms with Crippen molar-refractivity contribution >= 4 is 44.7 Å². The molecule has 0 aliphatic heterocycles. The first-order chi connectivity index (χ1) is 18.7. The average molecular weight is 519 g/mol. The van der Waals surface area contributed by atoms with E-state index in [0.29, 0.717) is 23.3 Å². The molecule has 0 atom stereocenters. The van der Waals surface area contributed by atoms with Crippen LogP contribution in [-0.2, 0) is 0 Å². The maximum Gasteiger partial charge on any atom is 0.174 e. The standard InChI is InChI=1S/C30H30N8O/c1-15(2)33-27(31)17-5-8-21-23(12-17)37-29(35-21)19-7-10-25-20(11-19)14-26(39-25)30-36-22-9-6-18(13-24(22)38-30)28(32)34-16(3)4/h5-16H,1-4H3,(H2,31,33)(H2,32,34)(H,35,37)(H,36,38). The highest BCUT2D eigenvalue weighted by molar-refractivity contribution is 6.00. The summed E-state index contributed by atoms with van der Waals surface area (Å²) in [4.78, 5) is 16.2. The Bertz CT molecular complexity index is 1770. The summed E-state index contributed by atoms with van der Waals surface area (Å²) in [5.74, 6) is 2.80. The van der Waals surface area contributed by atoms with Crippen molar-refractivity contribution in [2.75, 3.05) is 0 Å². The zero-order valence-electron chi connectivity index (χ0n) is 22.2. The van der Waals surface area contributed by atoms with Crippen molar-refractivity contribution in [2.24, 2.45) is 0 Å². The number of hydrogen-bond acceptors (Lipinski definition) is 5. The molecule has 39 heavy (non-hydrogen) atoms. The summed E-state index contributed by atoms with van der Waals surface area (Å²) in [6.07, 6.45) is 0. The van der Waals surface area contributed by atoms with Crippen LogP contribution in [0.1, 0.15) is 38.8 Å². The summed E-state index contributed by atoms with van der Waals surface area (Å²) in [5.41, 5.74) is 6.68. The largest absolute Gasteiger partial charge is 0.453 e. The number of nitrogens with one attached hydrogen (secondary N) is 6. The van der Waals surface area contributed by atoms with Gasteiger partial charge in [-0.25, -0.2) is 9.97 Å². The summed E-state index contributed by atoms with van der Waals surface area (Å²) >= 11 is 0. The molecular weight excluding hydrogens is 488 g/mol. The Kier molecular flexibility index (Phi) is 5.91. The molecule has 6 aromatic rings. The molecule has 0 fully saturated rings. The van der Waals surface area contributed by atoms with Gasteiger partial charge in [-0.2, -0.15) is 0 Å². The number of aromatic amines is 2. The van der Waals surface area contributed by atoms with Crippen LogP contribution >= 0.6 is 0 Å². The number of fused-ring (bicyclic) bond motifs is 3. The van der Waals surface area contributed by atoms with Gasteiger partial charge in [0.2, 0.25) is 0 Å². The second-order valence-electron chi connectivity index (χ2n) is 10.3. The minimum atomic E-state index is 0.185. The van der Waals surface area contributed by atoms with Crippen LogP contribution in [0.25, 0.3) is 56.0 Å². The van der Waals surface area contributed by atoms with E-state index >= 15 is 0 Å². The lowest BCUT2D eigenvalue weighted by molar-refractivity contribution is 0.627. The predicted molar refractivity (Wildman–Crippen MR) is 157 cm³/mol. The highest BCUT2D eigenvalue weighted by Crippen LogP contribution is 2.31. The first kappa shape index (κ1) is 24.4. The first-order valence-electron chi connectivity index (χ1n) is 13.0. The van der Waals surface area contributed by atoms with E-state index in [1.165, 1.54) is 0 Å². The SMILES string of the molecule is CC(C)NC(=N)c1ccc2nc(-c3ccc4oc(-c5nc6ccc(C(=N)NC(C)C)cc6[nH]5)cc4c3)[nH]c2c1. The lowest BCUT2D eigenvalue weighted by Crippen LogP contribution is -2.30. The van der Waals surface area contributed by atoms with E-state index < -0.39 is 0 Å². The van der Waals surface area contributed by atoms with E-state index in [1.54, 1.807) is 0 Å². The average Bonchev–Trinajstić information content (AvgIpc) is 3.62. The van der Waals surface area contributed by atoms with Crippen molar-refractivity contribution in [3.8, 4) is 23.0 Å². The topological polar surface area (TPSA) is 142 Å².